The average Bonchev–Trinajstić information content (AvgIpc) is 2.27. The lowest BCUT2D eigenvalue weighted by Crippen LogP contribution is -2.31. The molecule has 0 amide bonds. The Hall–Kier alpha value is 0.270. The van der Waals surface area contributed by atoms with Crippen LogP contribution in [0.2, 0.25) is 0 Å². The van der Waals surface area contributed by atoms with Crippen molar-refractivity contribution < 1.29 is 0 Å². The van der Waals surface area contributed by atoms with Gasteiger partial charge in [-0.3, -0.25) is 0 Å². The van der Waals surface area contributed by atoms with Gasteiger partial charge in [0.05, 0.1) is 0 Å². The Labute approximate surface area is 100.0 Å². The van der Waals surface area contributed by atoms with Crippen LogP contribution in [-0.4, -0.2) is 42.1 Å². The lowest BCUT2D eigenvalue weighted by Gasteiger charge is -2.20. The van der Waals surface area contributed by atoms with Crippen molar-refractivity contribution >= 4 is 11.8 Å². The second-order valence-electron chi connectivity index (χ2n) is 4.15. The highest BCUT2D eigenvalue weighted by atomic mass is 32.2. The maximum Gasteiger partial charge on any atom is 0.0156 e. The van der Waals surface area contributed by atoms with Crippen molar-refractivity contribution in [3.8, 4) is 0 Å². The normalized spacial score (nSPS) is 15.6. The third kappa shape index (κ3) is 7.20. The van der Waals surface area contributed by atoms with E-state index in [-0.39, 0.29) is 0 Å². The summed E-state index contributed by atoms with van der Waals surface area (Å²) in [5.74, 6) is 2.98. The van der Waals surface area contributed by atoms with E-state index in [1.54, 1.807) is 0 Å². The van der Waals surface area contributed by atoms with Crippen LogP contribution in [0.1, 0.15) is 34.1 Å². The Morgan fingerprint density at radius 3 is 2.27 bits per heavy atom. The second kappa shape index (κ2) is 9.49. The van der Waals surface area contributed by atoms with Gasteiger partial charge in [-0.15, -0.1) is 0 Å². The molecule has 0 aromatic rings. The molecule has 15 heavy (non-hydrogen) atoms. The molecule has 0 aliphatic heterocycles. The molecule has 0 rings (SSSR count). The molecular formula is C12H28N2S. The average molecular weight is 232 g/mol. The lowest BCUT2D eigenvalue weighted by molar-refractivity contribution is 0.324. The summed E-state index contributed by atoms with van der Waals surface area (Å²) >= 11 is 2.00. The van der Waals surface area contributed by atoms with Crippen LogP contribution in [0.15, 0.2) is 0 Å². The molecule has 2 atom stereocenters. The minimum Gasteiger partial charge on any atom is -0.327 e. The van der Waals surface area contributed by atoms with E-state index >= 15 is 0 Å². The molecule has 0 fully saturated rings. The highest BCUT2D eigenvalue weighted by molar-refractivity contribution is 7.99. The van der Waals surface area contributed by atoms with Gasteiger partial charge in [0.2, 0.25) is 0 Å². The van der Waals surface area contributed by atoms with E-state index in [2.05, 4.69) is 32.6 Å². The highest BCUT2D eigenvalue weighted by Crippen LogP contribution is 2.11. The van der Waals surface area contributed by atoms with Gasteiger partial charge in [-0.1, -0.05) is 34.1 Å². The SMILES string of the molecule is CCC(C)C(N)CSCCN(CC)CC. The van der Waals surface area contributed by atoms with E-state index in [0.29, 0.717) is 12.0 Å². The molecule has 0 bridgehead atoms. The van der Waals surface area contributed by atoms with Crippen LogP contribution in [-0.2, 0) is 0 Å². The maximum absolute atomic E-state index is 6.08. The van der Waals surface area contributed by atoms with Crippen molar-refractivity contribution in [2.24, 2.45) is 11.7 Å². The zero-order chi connectivity index (χ0) is 11.7. The number of thioether (sulfide) groups is 1. The Bertz CT molecular complexity index is 138. The fourth-order valence-corrected chi connectivity index (χ4v) is 2.57. The zero-order valence-corrected chi connectivity index (χ0v) is 11.6. The molecule has 0 aromatic heterocycles. The van der Waals surface area contributed by atoms with Gasteiger partial charge >= 0.3 is 0 Å². The van der Waals surface area contributed by atoms with E-state index in [1.807, 2.05) is 11.8 Å². The standard InChI is InChI=1S/C12H28N2S/c1-5-11(4)12(13)10-15-9-8-14(6-2)7-3/h11-12H,5-10,13H2,1-4H3. The van der Waals surface area contributed by atoms with E-state index in [0.717, 1.165) is 18.8 Å². The monoisotopic (exact) mass is 232 g/mol. The minimum atomic E-state index is 0.372. The van der Waals surface area contributed by atoms with Gasteiger partial charge in [-0.05, 0) is 19.0 Å². The maximum atomic E-state index is 6.08. The molecule has 2 N–H and O–H groups in total. The van der Waals surface area contributed by atoms with Crippen molar-refractivity contribution in [2.75, 3.05) is 31.1 Å². The fraction of sp³-hybridized carbons (Fsp3) is 1.00. The highest BCUT2D eigenvalue weighted by Gasteiger charge is 2.10. The van der Waals surface area contributed by atoms with E-state index in [1.165, 1.54) is 18.7 Å². The first kappa shape index (κ1) is 15.3. The zero-order valence-electron chi connectivity index (χ0n) is 10.8. The van der Waals surface area contributed by atoms with Gasteiger partial charge < -0.3 is 10.6 Å². The van der Waals surface area contributed by atoms with Crippen LogP contribution < -0.4 is 5.73 Å². The third-order valence-corrected chi connectivity index (χ3v) is 4.22. The lowest BCUT2D eigenvalue weighted by atomic mass is 10.0. The summed E-state index contributed by atoms with van der Waals surface area (Å²) in [6.45, 7) is 12.4. The van der Waals surface area contributed by atoms with Crippen LogP contribution in [0, 0.1) is 5.92 Å². The van der Waals surface area contributed by atoms with E-state index in [9.17, 15) is 0 Å². The van der Waals surface area contributed by atoms with E-state index in [4.69, 9.17) is 5.73 Å². The van der Waals surface area contributed by atoms with Crippen LogP contribution in [0.5, 0.6) is 0 Å². The molecule has 0 radical (unpaired) electrons. The minimum absolute atomic E-state index is 0.372. The Kier molecular flexibility index (Phi) is 9.66. The predicted molar refractivity (Wildman–Crippen MR) is 72.5 cm³/mol. The third-order valence-electron chi connectivity index (χ3n) is 3.13. The number of hydrogen-bond donors (Lipinski definition) is 1. The molecule has 3 heteroatoms. The van der Waals surface area contributed by atoms with Crippen LogP contribution in [0.25, 0.3) is 0 Å². The molecule has 0 spiro atoms. The molecule has 92 valence electrons. The van der Waals surface area contributed by atoms with Gasteiger partial charge in [-0.2, -0.15) is 11.8 Å². The Balaban J connectivity index is 3.45. The van der Waals surface area contributed by atoms with Gasteiger partial charge in [0.1, 0.15) is 0 Å². The summed E-state index contributed by atoms with van der Waals surface area (Å²) in [4.78, 5) is 2.46. The fourth-order valence-electron chi connectivity index (χ4n) is 1.42. The topological polar surface area (TPSA) is 29.3 Å². The van der Waals surface area contributed by atoms with Gasteiger partial charge in [0.25, 0.3) is 0 Å². The number of rotatable bonds is 9. The van der Waals surface area contributed by atoms with Crippen LogP contribution in [0.4, 0.5) is 0 Å². The summed E-state index contributed by atoms with van der Waals surface area (Å²) in [5, 5.41) is 0. The molecule has 0 aliphatic rings. The van der Waals surface area contributed by atoms with Gasteiger partial charge in [0.15, 0.2) is 0 Å². The van der Waals surface area contributed by atoms with Gasteiger partial charge in [0, 0.05) is 24.1 Å². The van der Waals surface area contributed by atoms with Crippen LogP contribution >= 0.6 is 11.8 Å². The smallest absolute Gasteiger partial charge is 0.0156 e. The number of nitrogens with two attached hydrogens (primary N) is 1. The largest absolute Gasteiger partial charge is 0.327 e. The summed E-state index contributed by atoms with van der Waals surface area (Å²) in [5.41, 5.74) is 6.08. The summed E-state index contributed by atoms with van der Waals surface area (Å²) < 4.78 is 0. The Morgan fingerprint density at radius 2 is 1.80 bits per heavy atom. The first-order valence-electron chi connectivity index (χ1n) is 6.21. The predicted octanol–water partition coefficient (Wildman–Crippen LogP) is 2.43. The molecule has 0 saturated carbocycles. The summed E-state index contributed by atoms with van der Waals surface area (Å²) in [6, 6.07) is 0.372. The first-order valence-corrected chi connectivity index (χ1v) is 7.36. The second-order valence-corrected chi connectivity index (χ2v) is 5.30. The molecular weight excluding hydrogens is 204 g/mol. The summed E-state index contributed by atoms with van der Waals surface area (Å²) in [6.07, 6.45) is 1.19. The number of hydrogen-bond acceptors (Lipinski definition) is 3. The quantitative estimate of drug-likeness (QED) is 0.619. The summed E-state index contributed by atoms with van der Waals surface area (Å²) in [7, 11) is 0. The molecule has 0 saturated heterocycles. The molecule has 2 unspecified atom stereocenters. The Morgan fingerprint density at radius 1 is 1.20 bits per heavy atom. The van der Waals surface area contributed by atoms with Crippen molar-refractivity contribution in [1.29, 1.82) is 0 Å². The number of nitrogens with zero attached hydrogens (tertiary/aromatic N) is 1. The molecule has 0 aromatic carbocycles. The van der Waals surface area contributed by atoms with E-state index < -0.39 is 0 Å². The van der Waals surface area contributed by atoms with Crippen LogP contribution in [0.3, 0.4) is 0 Å². The first-order chi connectivity index (χ1) is 7.15. The molecule has 0 aliphatic carbocycles. The molecule has 0 heterocycles. The van der Waals surface area contributed by atoms with Crippen molar-refractivity contribution in [3.05, 3.63) is 0 Å². The van der Waals surface area contributed by atoms with Crippen molar-refractivity contribution in [1.82, 2.24) is 4.90 Å². The van der Waals surface area contributed by atoms with Gasteiger partial charge in [-0.25, -0.2) is 0 Å². The van der Waals surface area contributed by atoms with Crippen molar-refractivity contribution in [2.45, 2.75) is 40.2 Å². The molecule has 2 nitrogen and oxygen atoms in total. The van der Waals surface area contributed by atoms with Crippen molar-refractivity contribution in [3.63, 3.8) is 0 Å².